The van der Waals surface area contributed by atoms with Gasteiger partial charge in [-0.2, -0.15) is 0 Å². The lowest BCUT2D eigenvalue weighted by atomic mass is 10.4. The van der Waals surface area contributed by atoms with Crippen LogP contribution in [0, 0.1) is 0 Å². The van der Waals surface area contributed by atoms with Crippen molar-refractivity contribution in [2.45, 2.75) is 19.9 Å². The van der Waals surface area contributed by atoms with E-state index in [2.05, 4.69) is 32.8 Å². The Bertz CT molecular complexity index is 219. The van der Waals surface area contributed by atoms with Crippen LogP contribution in [0.5, 0.6) is 0 Å². The fourth-order valence-electron chi connectivity index (χ4n) is 0.771. The predicted octanol–water partition coefficient (Wildman–Crippen LogP) is 1.19. The molecule has 1 rings (SSSR count). The van der Waals surface area contributed by atoms with Crippen molar-refractivity contribution in [3.8, 4) is 0 Å². The SMILES string of the molecule is CCc1[nH]c(CN)nc1Br. The first-order valence-corrected chi connectivity index (χ1v) is 4.00. The lowest BCUT2D eigenvalue weighted by Gasteiger charge is -1.87. The van der Waals surface area contributed by atoms with Crippen molar-refractivity contribution in [2.75, 3.05) is 0 Å². The molecule has 0 amide bonds. The van der Waals surface area contributed by atoms with Gasteiger partial charge in [-0.05, 0) is 22.4 Å². The monoisotopic (exact) mass is 203 g/mol. The van der Waals surface area contributed by atoms with Crippen LogP contribution in [-0.2, 0) is 13.0 Å². The molecule has 3 N–H and O–H groups in total. The van der Waals surface area contributed by atoms with Gasteiger partial charge in [0.1, 0.15) is 10.4 Å². The first-order chi connectivity index (χ1) is 4.77. The fourth-order valence-corrected chi connectivity index (χ4v) is 1.36. The summed E-state index contributed by atoms with van der Waals surface area (Å²) in [5, 5.41) is 0. The molecule has 0 saturated heterocycles. The summed E-state index contributed by atoms with van der Waals surface area (Å²) in [4.78, 5) is 7.23. The molecule has 0 aliphatic rings. The third kappa shape index (κ3) is 1.38. The Morgan fingerprint density at radius 2 is 2.40 bits per heavy atom. The van der Waals surface area contributed by atoms with Gasteiger partial charge in [0.25, 0.3) is 0 Å². The highest BCUT2D eigenvalue weighted by Crippen LogP contribution is 2.13. The molecular formula is C6H10BrN3. The van der Waals surface area contributed by atoms with Crippen LogP contribution in [0.1, 0.15) is 18.4 Å². The van der Waals surface area contributed by atoms with Crippen LogP contribution in [0.25, 0.3) is 0 Å². The number of imidazole rings is 1. The molecule has 0 fully saturated rings. The van der Waals surface area contributed by atoms with Gasteiger partial charge in [0.2, 0.25) is 0 Å². The Morgan fingerprint density at radius 3 is 2.70 bits per heavy atom. The zero-order valence-corrected chi connectivity index (χ0v) is 7.40. The predicted molar refractivity (Wildman–Crippen MR) is 43.6 cm³/mol. The van der Waals surface area contributed by atoms with Crippen molar-refractivity contribution in [3.63, 3.8) is 0 Å². The van der Waals surface area contributed by atoms with Crippen molar-refractivity contribution in [3.05, 3.63) is 16.1 Å². The quantitative estimate of drug-likeness (QED) is 0.760. The Hall–Kier alpha value is -0.350. The zero-order valence-electron chi connectivity index (χ0n) is 5.82. The van der Waals surface area contributed by atoms with E-state index >= 15 is 0 Å². The maximum Gasteiger partial charge on any atom is 0.127 e. The summed E-state index contributed by atoms with van der Waals surface area (Å²) in [6.07, 6.45) is 0.952. The fraction of sp³-hybridized carbons (Fsp3) is 0.500. The number of aromatic amines is 1. The van der Waals surface area contributed by atoms with Crippen molar-refractivity contribution in [1.82, 2.24) is 9.97 Å². The van der Waals surface area contributed by atoms with Crippen LogP contribution in [0.2, 0.25) is 0 Å². The van der Waals surface area contributed by atoms with Crippen LogP contribution < -0.4 is 5.73 Å². The molecule has 4 heteroatoms. The standard InChI is InChI=1S/C6H10BrN3/c1-2-4-6(7)10-5(3-8)9-4/h2-3,8H2,1H3,(H,9,10). The highest BCUT2D eigenvalue weighted by molar-refractivity contribution is 9.10. The molecule has 10 heavy (non-hydrogen) atoms. The van der Waals surface area contributed by atoms with E-state index in [4.69, 9.17) is 5.73 Å². The van der Waals surface area contributed by atoms with E-state index in [0.717, 1.165) is 22.5 Å². The normalized spacial score (nSPS) is 10.3. The molecule has 1 aromatic rings. The molecule has 0 bridgehead atoms. The summed E-state index contributed by atoms with van der Waals surface area (Å²) >= 11 is 3.32. The van der Waals surface area contributed by atoms with Crippen LogP contribution in [0.4, 0.5) is 0 Å². The van der Waals surface area contributed by atoms with Gasteiger partial charge in [-0.3, -0.25) is 0 Å². The Balaban J connectivity index is 2.92. The van der Waals surface area contributed by atoms with Gasteiger partial charge >= 0.3 is 0 Å². The van der Waals surface area contributed by atoms with Crippen LogP contribution >= 0.6 is 15.9 Å². The number of rotatable bonds is 2. The van der Waals surface area contributed by atoms with Gasteiger partial charge < -0.3 is 10.7 Å². The number of nitrogens with one attached hydrogen (secondary N) is 1. The van der Waals surface area contributed by atoms with E-state index in [1.165, 1.54) is 0 Å². The highest BCUT2D eigenvalue weighted by atomic mass is 79.9. The molecule has 0 aliphatic carbocycles. The van der Waals surface area contributed by atoms with Crippen molar-refractivity contribution in [2.24, 2.45) is 5.73 Å². The first-order valence-electron chi connectivity index (χ1n) is 3.21. The first kappa shape index (κ1) is 7.75. The number of hydrogen-bond donors (Lipinski definition) is 2. The Kier molecular flexibility index (Phi) is 2.45. The second kappa shape index (κ2) is 3.16. The number of H-pyrrole nitrogens is 1. The smallest absolute Gasteiger partial charge is 0.127 e. The Morgan fingerprint density at radius 1 is 1.70 bits per heavy atom. The Labute approximate surface area is 68.2 Å². The highest BCUT2D eigenvalue weighted by Gasteiger charge is 2.02. The van der Waals surface area contributed by atoms with Crippen LogP contribution in [0.3, 0.4) is 0 Å². The summed E-state index contributed by atoms with van der Waals surface area (Å²) in [5.74, 6) is 0.837. The molecule has 0 aromatic carbocycles. The minimum Gasteiger partial charge on any atom is -0.344 e. The van der Waals surface area contributed by atoms with Gasteiger partial charge in [-0.1, -0.05) is 6.92 Å². The summed E-state index contributed by atoms with van der Waals surface area (Å²) in [5.41, 5.74) is 6.48. The maximum absolute atomic E-state index is 5.37. The summed E-state index contributed by atoms with van der Waals surface area (Å²) in [6, 6.07) is 0. The molecule has 0 unspecified atom stereocenters. The van der Waals surface area contributed by atoms with E-state index in [1.54, 1.807) is 0 Å². The van der Waals surface area contributed by atoms with Gasteiger partial charge in [0.15, 0.2) is 0 Å². The molecular weight excluding hydrogens is 194 g/mol. The molecule has 1 heterocycles. The molecule has 0 radical (unpaired) electrons. The third-order valence-corrected chi connectivity index (χ3v) is 1.98. The van der Waals surface area contributed by atoms with Gasteiger partial charge in [0, 0.05) is 5.69 Å². The van der Waals surface area contributed by atoms with E-state index < -0.39 is 0 Å². The number of aromatic nitrogens is 2. The molecule has 3 nitrogen and oxygen atoms in total. The van der Waals surface area contributed by atoms with Gasteiger partial charge in [-0.25, -0.2) is 4.98 Å². The summed E-state index contributed by atoms with van der Waals surface area (Å²) in [6.45, 7) is 2.54. The number of nitrogens with zero attached hydrogens (tertiary/aromatic N) is 1. The van der Waals surface area contributed by atoms with E-state index in [0.29, 0.717) is 6.54 Å². The molecule has 0 aliphatic heterocycles. The second-order valence-corrected chi connectivity index (χ2v) is 2.76. The van der Waals surface area contributed by atoms with E-state index in [1.807, 2.05) is 0 Å². The summed E-state index contributed by atoms with van der Waals surface area (Å²) in [7, 11) is 0. The number of halogens is 1. The summed E-state index contributed by atoms with van der Waals surface area (Å²) < 4.78 is 0.885. The lowest BCUT2D eigenvalue weighted by molar-refractivity contribution is 0.931. The molecule has 0 saturated carbocycles. The number of hydrogen-bond acceptors (Lipinski definition) is 2. The second-order valence-electron chi connectivity index (χ2n) is 2.01. The van der Waals surface area contributed by atoms with Crippen molar-refractivity contribution < 1.29 is 0 Å². The maximum atomic E-state index is 5.37. The molecule has 0 atom stereocenters. The van der Waals surface area contributed by atoms with Crippen molar-refractivity contribution >= 4 is 15.9 Å². The molecule has 0 spiro atoms. The topological polar surface area (TPSA) is 54.7 Å². The zero-order chi connectivity index (χ0) is 7.56. The largest absolute Gasteiger partial charge is 0.344 e. The van der Waals surface area contributed by atoms with Crippen molar-refractivity contribution in [1.29, 1.82) is 0 Å². The van der Waals surface area contributed by atoms with Gasteiger partial charge in [0.05, 0.1) is 6.54 Å². The average molecular weight is 204 g/mol. The minimum absolute atomic E-state index is 0.471. The average Bonchev–Trinajstić information content (AvgIpc) is 2.30. The molecule has 56 valence electrons. The van der Waals surface area contributed by atoms with E-state index in [9.17, 15) is 0 Å². The van der Waals surface area contributed by atoms with Crippen LogP contribution in [0.15, 0.2) is 4.60 Å². The molecule has 1 aromatic heterocycles. The van der Waals surface area contributed by atoms with Crippen LogP contribution in [-0.4, -0.2) is 9.97 Å². The van der Waals surface area contributed by atoms with Gasteiger partial charge in [-0.15, -0.1) is 0 Å². The minimum atomic E-state index is 0.471. The number of nitrogens with two attached hydrogens (primary N) is 1. The number of aryl methyl sites for hydroxylation is 1. The third-order valence-electron chi connectivity index (χ3n) is 1.32. The van der Waals surface area contributed by atoms with E-state index in [-0.39, 0.29) is 0 Å². The lowest BCUT2D eigenvalue weighted by Crippen LogP contribution is -1.98.